The van der Waals surface area contributed by atoms with Crippen LogP contribution in [0.3, 0.4) is 0 Å². The van der Waals surface area contributed by atoms with Gasteiger partial charge in [-0.25, -0.2) is 0 Å². The van der Waals surface area contributed by atoms with Crippen molar-refractivity contribution in [2.24, 2.45) is 0 Å². The van der Waals surface area contributed by atoms with Gasteiger partial charge < -0.3 is 25.2 Å². The summed E-state index contributed by atoms with van der Waals surface area (Å²) in [5.41, 5.74) is 1.81. The molecule has 0 unspecified atom stereocenters. The van der Waals surface area contributed by atoms with Gasteiger partial charge in [0.05, 0.1) is 0 Å². The van der Waals surface area contributed by atoms with Gasteiger partial charge in [0.15, 0.2) is 23.0 Å². The molecule has 4 N–H and O–H groups in total. The summed E-state index contributed by atoms with van der Waals surface area (Å²) in [4.78, 5) is 0. The summed E-state index contributed by atoms with van der Waals surface area (Å²) in [6, 6.07) is 40.9. The first-order valence-corrected chi connectivity index (χ1v) is 14.6. The molecule has 0 aromatic heterocycles. The molecule has 0 saturated heterocycles. The van der Waals surface area contributed by atoms with Crippen LogP contribution in [-0.2, 0) is 0 Å². The molecule has 8 aromatic carbocycles. The fourth-order valence-electron chi connectivity index (χ4n) is 6.45. The normalized spacial score (nSPS) is 11.2. The number of fused-ring (bicyclic) bond motifs is 4. The fraction of sp³-hybridized carbons (Fsp3) is 0. The van der Waals surface area contributed by atoms with E-state index in [1.54, 1.807) is 24.3 Å². The molecule has 8 rings (SSSR count). The van der Waals surface area contributed by atoms with Crippen LogP contribution in [0.15, 0.2) is 133 Å². The first-order chi connectivity index (χ1) is 22.0. The van der Waals surface area contributed by atoms with Crippen LogP contribution in [0.4, 0.5) is 0 Å². The van der Waals surface area contributed by atoms with Gasteiger partial charge in [0.1, 0.15) is 11.5 Å². The van der Waals surface area contributed by atoms with E-state index in [2.05, 4.69) is 0 Å². The number of aromatic hydroxyl groups is 4. The largest absolute Gasteiger partial charge is 0.507 e. The minimum absolute atomic E-state index is 0. The second kappa shape index (κ2) is 11.7. The summed E-state index contributed by atoms with van der Waals surface area (Å²) in [6.45, 7) is 0. The standard InChI is InChI=1S/C40H26O5.La/c41-31-19-17-23-9-1-5-13-27(23)35(31)37-29-15-7-3-11-25(29)21-33(39(37)43)45-34-22-26-12-4-8-16-30(26)38(40(34)44)36-28-14-6-2-10-24(28)18-20-32(36)42;/h1-22,41-44H;. The Labute approximate surface area is 292 Å². The molecular formula is C40H26LaO5. The summed E-state index contributed by atoms with van der Waals surface area (Å²) >= 11 is 0. The molecule has 0 fully saturated rings. The maximum Gasteiger partial charge on any atom is 0.170 e. The van der Waals surface area contributed by atoms with Crippen molar-refractivity contribution in [2.45, 2.75) is 0 Å². The van der Waals surface area contributed by atoms with Gasteiger partial charge in [-0.3, -0.25) is 0 Å². The molecule has 0 aliphatic rings. The Balaban J connectivity index is 0.00000338. The monoisotopic (exact) mass is 725 g/mol. The molecule has 6 heteroatoms. The van der Waals surface area contributed by atoms with Crippen LogP contribution >= 0.6 is 0 Å². The zero-order valence-electron chi connectivity index (χ0n) is 24.5. The summed E-state index contributed by atoms with van der Waals surface area (Å²) in [6.07, 6.45) is 0. The van der Waals surface area contributed by atoms with Crippen LogP contribution in [0, 0.1) is 35.6 Å². The Hall–Kier alpha value is -5.01. The molecule has 8 aromatic rings. The predicted octanol–water partition coefficient (Wildman–Crippen LogP) is 10.2. The molecule has 0 spiro atoms. The Morgan fingerprint density at radius 3 is 1.07 bits per heavy atom. The molecule has 0 aliphatic heterocycles. The Bertz CT molecular complexity index is 2300. The van der Waals surface area contributed by atoms with E-state index in [4.69, 9.17) is 4.74 Å². The Kier molecular flexibility index (Phi) is 7.57. The van der Waals surface area contributed by atoms with Gasteiger partial charge in [0.25, 0.3) is 0 Å². The van der Waals surface area contributed by atoms with Crippen molar-refractivity contribution >= 4 is 43.1 Å². The quantitative estimate of drug-likeness (QED) is 0.145. The molecule has 0 bridgehead atoms. The molecular weight excluding hydrogens is 699 g/mol. The average Bonchev–Trinajstić information content (AvgIpc) is 3.07. The molecule has 0 aliphatic carbocycles. The number of benzene rings is 8. The average molecular weight is 726 g/mol. The van der Waals surface area contributed by atoms with Gasteiger partial charge in [-0.15, -0.1) is 0 Å². The molecule has 219 valence electrons. The summed E-state index contributed by atoms with van der Waals surface area (Å²) in [5.74, 6) is -0.100. The minimum Gasteiger partial charge on any atom is -0.507 e. The number of hydrogen-bond donors (Lipinski definition) is 4. The van der Waals surface area contributed by atoms with Gasteiger partial charge in [0, 0.05) is 57.9 Å². The number of ether oxygens (including phenoxy) is 1. The van der Waals surface area contributed by atoms with Crippen LogP contribution in [0.5, 0.6) is 34.5 Å². The van der Waals surface area contributed by atoms with Crippen LogP contribution in [0.2, 0.25) is 0 Å². The van der Waals surface area contributed by atoms with Gasteiger partial charge in [-0.05, 0) is 67.4 Å². The fourth-order valence-corrected chi connectivity index (χ4v) is 6.45. The van der Waals surface area contributed by atoms with E-state index in [0.29, 0.717) is 22.3 Å². The second-order valence-corrected chi connectivity index (χ2v) is 11.1. The van der Waals surface area contributed by atoms with Crippen LogP contribution < -0.4 is 4.74 Å². The van der Waals surface area contributed by atoms with Crippen molar-refractivity contribution < 1.29 is 60.8 Å². The van der Waals surface area contributed by atoms with Crippen molar-refractivity contribution in [3.63, 3.8) is 0 Å². The van der Waals surface area contributed by atoms with E-state index in [-0.39, 0.29) is 70.1 Å². The minimum atomic E-state index is -0.178. The SMILES string of the molecule is Oc1ccc2ccccc2c1-c1c(O)c(Oc2cc3ccccc3c(-c3c(O)ccc4ccccc34)c2O)cc2ccccc12.[La]. The van der Waals surface area contributed by atoms with Gasteiger partial charge in [-0.2, -0.15) is 0 Å². The summed E-state index contributed by atoms with van der Waals surface area (Å²) in [7, 11) is 0. The third kappa shape index (κ3) is 4.74. The van der Waals surface area contributed by atoms with Crippen LogP contribution in [-0.4, -0.2) is 20.4 Å². The summed E-state index contributed by atoms with van der Waals surface area (Å²) < 4.78 is 6.42. The first kappa shape index (κ1) is 29.7. The Morgan fingerprint density at radius 2 is 0.674 bits per heavy atom. The number of phenolic OH excluding ortho intramolecular Hbond substituents is 4. The summed E-state index contributed by atoms with van der Waals surface area (Å²) in [5, 5.41) is 52.5. The molecule has 0 heterocycles. The first-order valence-electron chi connectivity index (χ1n) is 14.6. The van der Waals surface area contributed by atoms with Crippen molar-refractivity contribution in [3.8, 4) is 56.8 Å². The zero-order chi connectivity index (χ0) is 30.7. The molecule has 0 saturated carbocycles. The van der Waals surface area contributed by atoms with E-state index in [1.165, 1.54) is 0 Å². The van der Waals surface area contributed by atoms with Gasteiger partial charge in [-0.1, -0.05) is 109 Å². The Morgan fingerprint density at radius 1 is 0.348 bits per heavy atom. The topological polar surface area (TPSA) is 90.2 Å². The van der Waals surface area contributed by atoms with E-state index < -0.39 is 0 Å². The third-order valence-corrected chi connectivity index (χ3v) is 8.51. The zero-order valence-corrected chi connectivity index (χ0v) is 28.1. The number of phenols is 4. The second-order valence-electron chi connectivity index (χ2n) is 11.1. The van der Waals surface area contributed by atoms with Crippen LogP contribution in [0.1, 0.15) is 0 Å². The maximum absolute atomic E-state index is 11.9. The molecule has 0 amide bonds. The molecule has 1 radical (unpaired) electrons. The van der Waals surface area contributed by atoms with E-state index in [0.717, 1.165) is 43.1 Å². The van der Waals surface area contributed by atoms with Crippen LogP contribution in [0.25, 0.3) is 65.3 Å². The van der Waals surface area contributed by atoms with Gasteiger partial charge in [0.2, 0.25) is 0 Å². The van der Waals surface area contributed by atoms with Crippen molar-refractivity contribution in [1.82, 2.24) is 0 Å². The van der Waals surface area contributed by atoms with Gasteiger partial charge >= 0.3 is 0 Å². The molecule has 0 atom stereocenters. The maximum atomic E-state index is 11.9. The van der Waals surface area contributed by atoms with E-state index in [1.807, 2.05) is 109 Å². The van der Waals surface area contributed by atoms with Crippen molar-refractivity contribution in [2.75, 3.05) is 0 Å². The smallest absolute Gasteiger partial charge is 0.170 e. The predicted molar refractivity (Wildman–Crippen MR) is 181 cm³/mol. The third-order valence-electron chi connectivity index (χ3n) is 8.51. The number of rotatable bonds is 4. The van der Waals surface area contributed by atoms with E-state index >= 15 is 0 Å². The van der Waals surface area contributed by atoms with Crippen molar-refractivity contribution in [1.29, 1.82) is 0 Å². The van der Waals surface area contributed by atoms with Crippen molar-refractivity contribution in [3.05, 3.63) is 133 Å². The molecule has 46 heavy (non-hydrogen) atoms. The number of hydrogen-bond acceptors (Lipinski definition) is 5. The molecule has 5 nitrogen and oxygen atoms in total. The van der Waals surface area contributed by atoms with E-state index in [9.17, 15) is 20.4 Å².